The van der Waals surface area contributed by atoms with Crippen molar-refractivity contribution in [2.75, 3.05) is 13.1 Å². The molecule has 76 valence electrons. The Kier molecular flexibility index (Phi) is 3.43. The number of furan rings is 1. The monoisotopic (exact) mass is 255 g/mol. The van der Waals surface area contributed by atoms with E-state index in [1.54, 1.807) is 6.26 Å². The molecule has 14 heavy (non-hydrogen) atoms. The van der Waals surface area contributed by atoms with E-state index in [1.807, 2.05) is 6.07 Å². The largest absolute Gasteiger partial charge is 0.457 e. The van der Waals surface area contributed by atoms with Gasteiger partial charge >= 0.3 is 0 Å². The van der Waals surface area contributed by atoms with Crippen molar-refractivity contribution >= 4 is 22.0 Å². The molecule has 2 heterocycles. The van der Waals surface area contributed by atoms with Gasteiger partial charge < -0.3 is 9.73 Å². The van der Waals surface area contributed by atoms with Crippen molar-refractivity contribution in [1.29, 1.82) is 0 Å². The van der Waals surface area contributed by atoms with Crippen molar-refractivity contribution in [3.8, 4) is 0 Å². The first-order chi connectivity index (χ1) is 6.84. The van der Waals surface area contributed by atoms with Crippen molar-refractivity contribution in [1.82, 2.24) is 5.32 Å². The molecule has 3 heteroatoms. The van der Waals surface area contributed by atoms with E-state index in [0.717, 1.165) is 29.7 Å². The van der Waals surface area contributed by atoms with Crippen LogP contribution in [-0.2, 0) is 0 Å². The maximum atomic E-state index is 5.19. The Balaban J connectivity index is 2.08. The summed E-state index contributed by atoms with van der Waals surface area (Å²) in [6.07, 6.45) is 7.63. The summed E-state index contributed by atoms with van der Waals surface area (Å²) in [4.78, 5) is 0. The fourth-order valence-corrected chi connectivity index (χ4v) is 2.08. The van der Waals surface area contributed by atoms with Gasteiger partial charge in [-0.05, 0) is 54.3 Å². The third kappa shape index (κ3) is 2.72. The lowest BCUT2D eigenvalue weighted by molar-refractivity contribution is 0.541. The van der Waals surface area contributed by atoms with E-state index in [0.29, 0.717) is 0 Å². The Bertz CT molecular complexity index is 320. The Labute approximate surface area is 92.5 Å². The maximum absolute atomic E-state index is 5.19. The zero-order chi connectivity index (χ0) is 9.80. The van der Waals surface area contributed by atoms with Gasteiger partial charge in [-0.25, -0.2) is 0 Å². The van der Waals surface area contributed by atoms with Crippen LogP contribution in [-0.4, -0.2) is 13.1 Å². The van der Waals surface area contributed by atoms with Gasteiger partial charge in [-0.3, -0.25) is 0 Å². The third-order valence-electron chi connectivity index (χ3n) is 2.43. The summed E-state index contributed by atoms with van der Waals surface area (Å²) in [6, 6.07) is 2.01. The third-order valence-corrected chi connectivity index (χ3v) is 2.85. The average molecular weight is 256 g/mol. The van der Waals surface area contributed by atoms with Crippen LogP contribution in [0.25, 0.3) is 6.08 Å². The fourth-order valence-electron chi connectivity index (χ4n) is 1.72. The first-order valence-corrected chi connectivity index (χ1v) is 5.78. The molecule has 2 rings (SSSR count). The standard InChI is InChI=1S/C11H14BrNO/c12-11-7-10(8-14-11)6-9-2-1-4-13-5-3-9/h6-8,13H,1-5H2/b9-6-. The molecule has 0 radical (unpaired) electrons. The molecule has 0 unspecified atom stereocenters. The van der Waals surface area contributed by atoms with Crippen LogP contribution < -0.4 is 5.32 Å². The molecule has 0 aliphatic carbocycles. The lowest BCUT2D eigenvalue weighted by Gasteiger charge is -1.99. The molecule has 1 aliphatic rings. The average Bonchev–Trinajstić information content (AvgIpc) is 2.43. The second kappa shape index (κ2) is 4.80. The lowest BCUT2D eigenvalue weighted by Crippen LogP contribution is -2.13. The number of hydrogen-bond acceptors (Lipinski definition) is 2. The molecule has 0 bridgehead atoms. The predicted octanol–water partition coefficient (Wildman–Crippen LogP) is 3.20. The number of hydrogen-bond donors (Lipinski definition) is 1. The zero-order valence-electron chi connectivity index (χ0n) is 8.05. The summed E-state index contributed by atoms with van der Waals surface area (Å²) >= 11 is 3.30. The molecule has 0 atom stereocenters. The van der Waals surface area contributed by atoms with Gasteiger partial charge in [0, 0.05) is 5.56 Å². The second-order valence-electron chi connectivity index (χ2n) is 3.59. The summed E-state index contributed by atoms with van der Waals surface area (Å²) < 4.78 is 6.00. The van der Waals surface area contributed by atoms with E-state index in [2.05, 4.69) is 27.3 Å². The first kappa shape index (κ1) is 9.99. The number of nitrogens with one attached hydrogen (secondary N) is 1. The SMILES string of the molecule is Brc1cc(/C=C2/CCCNCC2)co1. The molecule has 1 N–H and O–H groups in total. The van der Waals surface area contributed by atoms with Crippen LogP contribution in [0.3, 0.4) is 0 Å². The Morgan fingerprint density at radius 3 is 3.07 bits per heavy atom. The minimum absolute atomic E-state index is 0.802. The molecule has 1 aromatic rings. The predicted molar refractivity (Wildman–Crippen MR) is 61.1 cm³/mol. The highest BCUT2D eigenvalue weighted by atomic mass is 79.9. The normalized spacial score (nSPS) is 21.1. The molecule has 1 fully saturated rings. The molecule has 0 spiro atoms. The minimum atomic E-state index is 0.802. The molecule has 0 amide bonds. The summed E-state index contributed by atoms with van der Waals surface area (Å²) in [5.74, 6) is 0. The fraction of sp³-hybridized carbons (Fsp3) is 0.455. The molecular weight excluding hydrogens is 242 g/mol. The quantitative estimate of drug-likeness (QED) is 0.834. The number of rotatable bonds is 1. The van der Waals surface area contributed by atoms with E-state index >= 15 is 0 Å². The summed E-state index contributed by atoms with van der Waals surface area (Å²) in [7, 11) is 0. The van der Waals surface area contributed by atoms with Crippen LogP contribution >= 0.6 is 15.9 Å². The smallest absolute Gasteiger partial charge is 0.169 e. The van der Waals surface area contributed by atoms with Gasteiger partial charge in [0.05, 0.1) is 6.26 Å². The molecule has 1 aliphatic heterocycles. The molecule has 0 saturated carbocycles. The summed E-state index contributed by atoms with van der Waals surface area (Å²) in [6.45, 7) is 2.25. The van der Waals surface area contributed by atoms with Gasteiger partial charge in [-0.15, -0.1) is 0 Å². The van der Waals surface area contributed by atoms with E-state index in [1.165, 1.54) is 18.4 Å². The van der Waals surface area contributed by atoms with Crippen LogP contribution in [0.1, 0.15) is 24.8 Å². The topological polar surface area (TPSA) is 25.2 Å². The highest BCUT2D eigenvalue weighted by Gasteiger charge is 2.04. The summed E-state index contributed by atoms with van der Waals surface area (Å²) in [5.41, 5.74) is 2.68. The minimum Gasteiger partial charge on any atom is -0.457 e. The lowest BCUT2D eigenvalue weighted by atomic mass is 10.1. The summed E-state index contributed by atoms with van der Waals surface area (Å²) in [5, 5.41) is 3.39. The van der Waals surface area contributed by atoms with Crippen LogP contribution in [0.4, 0.5) is 0 Å². The van der Waals surface area contributed by atoms with Crippen molar-refractivity contribution in [2.45, 2.75) is 19.3 Å². The van der Waals surface area contributed by atoms with Gasteiger partial charge in [0.15, 0.2) is 4.67 Å². The van der Waals surface area contributed by atoms with Gasteiger partial charge in [0.25, 0.3) is 0 Å². The highest BCUT2D eigenvalue weighted by molar-refractivity contribution is 9.10. The van der Waals surface area contributed by atoms with Crippen LogP contribution in [0.5, 0.6) is 0 Å². The van der Waals surface area contributed by atoms with Crippen molar-refractivity contribution < 1.29 is 4.42 Å². The Morgan fingerprint density at radius 2 is 2.29 bits per heavy atom. The van der Waals surface area contributed by atoms with E-state index < -0.39 is 0 Å². The van der Waals surface area contributed by atoms with Crippen LogP contribution in [0.15, 0.2) is 27.0 Å². The Hall–Kier alpha value is -0.540. The maximum Gasteiger partial charge on any atom is 0.169 e. The molecular formula is C11H14BrNO. The first-order valence-electron chi connectivity index (χ1n) is 4.99. The van der Waals surface area contributed by atoms with Crippen LogP contribution in [0, 0.1) is 0 Å². The van der Waals surface area contributed by atoms with E-state index in [-0.39, 0.29) is 0 Å². The van der Waals surface area contributed by atoms with E-state index in [4.69, 9.17) is 4.42 Å². The molecule has 0 aromatic carbocycles. The zero-order valence-corrected chi connectivity index (χ0v) is 9.64. The number of halogens is 1. The molecule has 2 nitrogen and oxygen atoms in total. The van der Waals surface area contributed by atoms with Gasteiger partial charge in [0.2, 0.25) is 0 Å². The van der Waals surface area contributed by atoms with Crippen LogP contribution in [0.2, 0.25) is 0 Å². The van der Waals surface area contributed by atoms with Gasteiger partial charge in [0.1, 0.15) is 0 Å². The highest BCUT2D eigenvalue weighted by Crippen LogP contribution is 2.20. The Morgan fingerprint density at radius 1 is 1.36 bits per heavy atom. The van der Waals surface area contributed by atoms with Crippen molar-refractivity contribution in [3.05, 3.63) is 28.1 Å². The van der Waals surface area contributed by atoms with Crippen molar-refractivity contribution in [2.24, 2.45) is 0 Å². The molecule has 1 saturated heterocycles. The van der Waals surface area contributed by atoms with E-state index in [9.17, 15) is 0 Å². The van der Waals surface area contributed by atoms with Crippen molar-refractivity contribution in [3.63, 3.8) is 0 Å². The van der Waals surface area contributed by atoms with Gasteiger partial charge in [-0.1, -0.05) is 11.6 Å². The van der Waals surface area contributed by atoms with Gasteiger partial charge in [-0.2, -0.15) is 0 Å². The molecule has 1 aromatic heterocycles. The second-order valence-corrected chi connectivity index (χ2v) is 4.37.